The molecule has 25 heavy (non-hydrogen) atoms. The number of carbonyl (C=O) groups excluding carboxylic acids is 2. The molecule has 0 radical (unpaired) electrons. The van der Waals surface area contributed by atoms with Crippen molar-refractivity contribution in [2.45, 2.75) is 52.4 Å². The highest BCUT2D eigenvalue weighted by Crippen LogP contribution is 2.32. The van der Waals surface area contributed by atoms with Crippen LogP contribution in [0.25, 0.3) is 0 Å². The second kappa shape index (κ2) is 8.48. The number of piperidine rings is 1. The second-order valence-electron chi connectivity index (χ2n) is 7.49. The summed E-state index contributed by atoms with van der Waals surface area (Å²) in [5.74, 6) is -0.308. The van der Waals surface area contributed by atoms with Crippen LogP contribution in [0.5, 0.6) is 0 Å². The standard InChI is InChI=1S/C20H30N2O3/c1-13(2)16-6-5-7-17(14(3)4)18(16)21-19(24)20(25)22-10-8-15(12-23)9-11-22/h5-7,13-15,23H,8-12H2,1-4H3,(H,21,24). The zero-order valence-corrected chi connectivity index (χ0v) is 15.7. The number of amides is 2. The summed E-state index contributed by atoms with van der Waals surface area (Å²) >= 11 is 0. The lowest BCUT2D eigenvalue weighted by Gasteiger charge is -2.30. The van der Waals surface area contributed by atoms with Gasteiger partial charge in [0.05, 0.1) is 0 Å². The monoisotopic (exact) mass is 346 g/mol. The van der Waals surface area contributed by atoms with E-state index in [-0.39, 0.29) is 24.4 Å². The van der Waals surface area contributed by atoms with Gasteiger partial charge in [0.1, 0.15) is 0 Å². The SMILES string of the molecule is CC(C)c1cccc(C(C)C)c1NC(=O)C(=O)N1CCC(CO)CC1. The largest absolute Gasteiger partial charge is 0.396 e. The van der Waals surface area contributed by atoms with Gasteiger partial charge in [-0.1, -0.05) is 45.9 Å². The van der Waals surface area contributed by atoms with Crippen molar-refractivity contribution in [3.63, 3.8) is 0 Å². The van der Waals surface area contributed by atoms with Crippen molar-refractivity contribution in [1.29, 1.82) is 0 Å². The molecule has 0 aromatic heterocycles. The Labute approximate surface area is 150 Å². The Morgan fingerprint density at radius 1 is 1.12 bits per heavy atom. The molecule has 0 saturated carbocycles. The molecule has 0 atom stereocenters. The normalized spacial score (nSPS) is 15.7. The number of rotatable bonds is 4. The molecule has 2 rings (SSSR count). The third-order valence-corrected chi connectivity index (χ3v) is 4.97. The highest BCUT2D eigenvalue weighted by atomic mass is 16.3. The van der Waals surface area contributed by atoms with E-state index >= 15 is 0 Å². The molecule has 0 unspecified atom stereocenters. The van der Waals surface area contributed by atoms with Crippen LogP contribution in [0.4, 0.5) is 5.69 Å². The summed E-state index contributed by atoms with van der Waals surface area (Å²) in [5, 5.41) is 12.1. The number of benzene rings is 1. The van der Waals surface area contributed by atoms with Crippen LogP contribution in [0, 0.1) is 5.92 Å². The van der Waals surface area contributed by atoms with Gasteiger partial charge < -0.3 is 15.3 Å². The van der Waals surface area contributed by atoms with Crippen molar-refractivity contribution in [1.82, 2.24) is 4.90 Å². The van der Waals surface area contributed by atoms with Gasteiger partial charge >= 0.3 is 11.8 Å². The number of hydrogen-bond donors (Lipinski definition) is 2. The van der Waals surface area contributed by atoms with Gasteiger partial charge in [0.15, 0.2) is 0 Å². The average Bonchev–Trinajstić information content (AvgIpc) is 2.60. The molecule has 0 spiro atoms. The molecule has 1 aromatic rings. The quantitative estimate of drug-likeness (QED) is 0.823. The lowest BCUT2D eigenvalue weighted by atomic mass is 9.92. The third-order valence-electron chi connectivity index (χ3n) is 4.97. The molecule has 1 aromatic carbocycles. The van der Waals surface area contributed by atoms with Gasteiger partial charge in [0.25, 0.3) is 0 Å². The number of aliphatic hydroxyl groups is 1. The number of nitrogens with zero attached hydrogens (tertiary/aromatic N) is 1. The predicted octanol–water partition coefficient (Wildman–Crippen LogP) is 3.10. The van der Waals surface area contributed by atoms with E-state index in [9.17, 15) is 14.7 Å². The fraction of sp³-hybridized carbons (Fsp3) is 0.600. The molecule has 1 aliphatic rings. The molecule has 1 saturated heterocycles. The van der Waals surface area contributed by atoms with Gasteiger partial charge in [0, 0.05) is 25.4 Å². The van der Waals surface area contributed by atoms with Crippen molar-refractivity contribution in [3.8, 4) is 0 Å². The molecule has 0 bridgehead atoms. The molecule has 1 fully saturated rings. The molecular formula is C20H30N2O3. The van der Waals surface area contributed by atoms with Crippen LogP contribution in [0.15, 0.2) is 18.2 Å². The van der Waals surface area contributed by atoms with Crippen LogP contribution in [0.2, 0.25) is 0 Å². The summed E-state index contributed by atoms with van der Waals surface area (Å²) in [6.45, 7) is 9.52. The summed E-state index contributed by atoms with van der Waals surface area (Å²) in [5.41, 5.74) is 2.87. The molecule has 5 nitrogen and oxygen atoms in total. The lowest BCUT2D eigenvalue weighted by molar-refractivity contribution is -0.144. The Morgan fingerprint density at radius 2 is 1.64 bits per heavy atom. The highest BCUT2D eigenvalue weighted by Gasteiger charge is 2.28. The van der Waals surface area contributed by atoms with Crippen molar-refractivity contribution in [3.05, 3.63) is 29.3 Å². The van der Waals surface area contributed by atoms with Gasteiger partial charge in [-0.2, -0.15) is 0 Å². The van der Waals surface area contributed by atoms with Crippen LogP contribution in [-0.4, -0.2) is 41.5 Å². The summed E-state index contributed by atoms with van der Waals surface area (Å²) in [6.07, 6.45) is 1.49. The van der Waals surface area contributed by atoms with E-state index in [1.54, 1.807) is 4.90 Å². The Kier molecular flexibility index (Phi) is 6.59. The summed E-state index contributed by atoms with van der Waals surface area (Å²) in [6, 6.07) is 6.01. The molecule has 2 amide bonds. The number of anilines is 1. The number of nitrogens with one attached hydrogen (secondary N) is 1. The summed E-state index contributed by atoms with van der Waals surface area (Å²) in [4.78, 5) is 26.7. The van der Waals surface area contributed by atoms with Gasteiger partial charge in [-0.15, -0.1) is 0 Å². The molecule has 1 heterocycles. The number of carbonyl (C=O) groups is 2. The minimum Gasteiger partial charge on any atom is -0.396 e. The molecule has 5 heteroatoms. The fourth-order valence-electron chi connectivity index (χ4n) is 3.32. The molecule has 0 aliphatic carbocycles. The summed E-state index contributed by atoms with van der Waals surface area (Å²) < 4.78 is 0. The molecular weight excluding hydrogens is 316 g/mol. The van der Waals surface area contributed by atoms with E-state index in [2.05, 4.69) is 33.0 Å². The first-order chi connectivity index (χ1) is 11.8. The maximum Gasteiger partial charge on any atom is 0.313 e. The smallest absolute Gasteiger partial charge is 0.313 e. The maximum absolute atomic E-state index is 12.6. The minimum atomic E-state index is -0.572. The topological polar surface area (TPSA) is 69.6 Å². The Hall–Kier alpha value is -1.88. The first kappa shape index (κ1) is 19.4. The highest BCUT2D eigenvalue weighted by molar-refractivity contribution is 6.39. The van der Waals surface area contributed by atoms with Crippen molar-refractivity contribution >= 4 is 17.5 Å². The van der Waals surface area contributed by atoms with E-state index in [1.807, 2.05) is 18.2 Å². The first-order valence-corrected chi connectivity index (χ1v) is 9.19. The fourth-order valence-corrected chi connectivity index (χ4v) is 3.32. The van der Waals surface area contributed by atoms with Crippen LogP contribution in [0.1, 0.15) is 63.5 Å². The number of aliphatic hydroxyl groups excluding tert-OH is 1. The van der Waals surface area contributed by atoms with Gasteiger partial charge in [-0.05, 0) is 41.7 Å². The van der Waals surface area contributed by atoms with E-state index in [1.165, 1.54) is 0 Å². The van der Waals surface area contributed by atoms with E-state index < -0.39 is 11.8 Å². The van der Waals surface area contributed by atoms with Gasteiger partial charge in [-0.3, -0.25) is 9.59 Å². The average molecular weight is 346 g/mol. The van der Waals surface area contributed by atoms with Crippen LogP contribution in [-0.2, 0) is 9.59 Å². The zero-order valence-electron chi connectivity index (χ0n) is 15.7. The van der Waals surface area contributed by atoms with Crippen LogP contribution in [0.3, 0.4) is 0 Å². The Morgan fingerprint density at radius 3 is 2.08 bits per heavy atom. The maximum atomic E-state index is 12.6. The van der Waals surface area contributed by atoms with E-state index in [4.69, 9.17) is 0 Å². The van der Waals surface area contributed by atoms with Crippen LogP contribution < -0.4 is 5.32 Å². The summed E-state index contributed by atoms with van der Waals surface area (Å²) in [7, 11) is 0. The number of likely N-dealkylation sites (tertiary alicyclic amines) is 1. The molecule has 2 N–H and O–H groups in total. The van der Waals surface area contributed by atoms with E-state index in [0.717, 1.165) is 29.7 Å². The third kappa shape index (κ3) is 4.60. The van der Waals surface area contributed by atoms with E-state index in [0.29, 0.717) is 13.1 Å². The molecule has 138 valence electrons. The second-order valence-corrected chi connectivity index (χ2v) is 7.49. The number of hydrogen-bond acceptors (Lipinski definition) is 3. The Balaban J connectivity index is 2.16. The van der Waals surface area contributed by atoms with Crippen molar-refractivity contribution in [2.75, 3.05) is 25.0 Å². The number of para-hydroxylation sites is 1. The first-order valence-electron chi connectivity index (χ1n) is 9.19. The predicted molar refractivity (Wildman–Crippen MR) is 99.6 cm³/mol. The molecule has 1 aliphatic heterocycles. The van der Waals surface area contributed by atoms with Crippen molar-refractivity contribution in [2.24, 2.45) is 5.92 Å². The van der Waals surface area contributed by atoms with Crippen molar-refractivity contribution < 1.29 is 14.7 Å². The lowest BCUT2D eigenvalue weighted by Crippen LogP contribution is -2.44. The van der Waals surface area contributed by atoms with Gasteiger partial charge in [0.2, 0.25) is 0 Å². The van der Waals surface area contributed by atoms with Crippen LogP contribution >= 0.6 is 0 Å². The minimum absolute atomic E-state index is 0.147. The zero-order chi connectivity index (χ0) is 18.6. The van der Waals surface area contributed by atoms with Gasteiger partial charge in [-0.25, -0.2) is 0 Å². The Bertz CT molecular complexity index is 591.